The third-order valence-electron chi connectivity index (χ3n) is 2.43. The molecular weight excluding hydrogens is 238 g/mol. The van der Waals surface area contributed by atoms with E-state index >= 15 is 0 Å². The van der Waals surface area contributed by atoms with Crippen LogP contribution in [-0.2, 0) is 10.0 Å². The van der Waals surface area contributed by atoms with Gasteiger partial charge in [-0.3, -0.25) is 0 Å². The molecule has 17 heavy (non-hydrogen) atoms. The number of rotatable bonds is 6. The number of hydrogen-bond donors (Lipinski definition) is 3. The second-order valence-electron chi connectivity index (χ2n) is 3.74. The molecule has 0 bridgehead atoms. The van der Waals surface area contributed by atoms with Crippen molar-refractivity contribution in [3.8, 4) is 0 Å². The quantitative estimate of drug-likeness (QED) is 0.531. The SMILES string of the molecule is CCCCNc1ccc(S(=O)(=O)NC)c(N)c1. The molecular formula is C11H19N3O2S. The van der Waals surface area contributed by atoms with Gasteiger partial charge in [0.25, 0.3) is 0 Å². The van der Waals surface area contributed by atoms with Gasteiger partial charge in [-0.15, -0.1) is 0 Å². The Morgan fingerprint density at radius 1 is 1.35 bits per heavy atom. The van der Waals surface area contributed by atoms with Gasteiger partial charge in [0, 0.05) is 12.2 Å². The maximum Gasteiger partial charge on any atom is 0.242 e. The number of unbranched alkanes of at least 4 members (excludes halogenated alkanes) is 1. The average Bonchev–Trinajstić information content (AvgIpc) is 2.29. The second-order valence-corrected chi connectivity index (χ2v) is 5.60. The highest BCUT2D eigenvalue weighted by atomic mass is 32.2. The first-order chi connectivity index (χ1) is 8.01. The van der Waals surface area contributed by atoms with Crippen molar-refractivity contribution in [2.45, 2.75) is 24.7 Å². The van der Waals surface area contributed by atoms with Crippen LogP contribution in [0.25, 0.3) is 0 Å². The van der Waals surface area contributed by atoms with Gasteiger partial charge in [0.1, 0.15) is 4.90 Å². The van der Waals surface area contributed by atoms with Crippen molar-refractivity contribution in [3.63, 3.8) is 0 Å². The Kier molecular flexibility index (Phi) is 4.77. The lowest BCUT2D eigenvalue weighted by atomic mass is 10.2. The fourth-order valence-corrected chi connectivity index (χ4v) is 2.26. The normalized spacial score (nSPS) is 11.4. The molecule has 6 heteroatoms. The summed E-state index contributed by atoms with van der Waals surface area (Å²) in [5, 5.41) is 3.19. The Morgan fingerprint density at radius 2 is 2.06 bits per heavy atom. The first-order valence-electron chi connectivity index (χ1n) is 5.58. The van der Waals surface area contributed by atoms with E-state index in [-0.39, 0.29) is 10.6 Å². The van der Waals surface area contributed by atoms with Crippen molar-refractivity contribution in [1.82, 2.24) is 4.72 Å². The molecule has 0 saturated heterocycles. The van der Waals surface area contributed by atoms with Crippen molar-refractivity contribution in [3.05, 3.63) is 18.2 Å². The van der Waals surface area contributed by atoms with Crippen LogP contribution in [0, 0.1) is 0 Å². The van der Waals surface area contributed by atoms with E-state index < -0.39 is 10.0 Å². The second kappa shape index (κ2) is 5.88. The fourth-order valence-electron chi connectivity index (χ4n) is 1.42. The van der Waals surface area contributed by atoms with Gasteiger partial charge in [-0.25, -0.2) is 13.1 Å². The first-order valence-corrected chi connectivity index (χ1v) is 7.06. The number of anilines is 2. The van der Waals surface area contributed by atoms with Gasteiger partial charge in [0.05, 0.1) is 5.69 Å². The van der Waals surface area contributed by atoms with Crippen molar-refractivity contribution in [1.29, 1.82) is 0 Å². The highest BCUT2D eigenvalue weighted by molar-refractivity contribution is 7.89. The Balaban J connectivity index is 2.87. The number of sulfonamides is 1. The van der Waals surface area contributed by atoms with Crippen LogP contribution in [0.1, 0.15) is 19.8 Å². The molecule has 0 amide bonds. The van der Waals surface area contributed by atoms with Crippen LogP contribution >= 0.6 is 0 Å². The van der Waals surface area contributed by atoms with Gasteiger partial charge >= 0.3 is 0 Å². The first kappa shape index (κ1) is 13.8. The fraction of sp³-hybridized carbons (Fsp3) is 0.455. The van der Waals surface area contributed by atoms with Crippen LogP contribution < -0.4 is 15.8 Å². The van der Waals surface area contributed by atoms with Crippen LogP contribution in [0.15, 0.2) is 23.1 Å². The molecule has 0 aromatic heterocycles. The molecule has 0 atom stereocenters. The van der Waals surface area contributed by atoms with Gasteiger partial charge in [-0.1, -0.05) is 13.3 Å². The van der Waals surface area contributed by atoms with Crippen LogP contribution in [-0.4, -0.2) is 22.0 Å². The molecule has 1 rings (SSSR count). The van der Waals surface area contributed by atoms with E-state index in [1.165, 1.54) is 13.1 Å². The number of nitrogens with two attached hydrogens (primary N) is 1. The van der Waals surface area contributed by atoms with Crippen LogP contribution in [0.5, 0.6) is 0 Å². The number of nitrogen functional groups attached to an aromatic ring is 1. The van der Waals surface area contributed by atoms with Gasteiger partial charge in [0.15, 0.2) is 0 Å². The molecule has 0 spiro atoms. The Morgan fingerprint density at radius 3 is 2.59 bits per heavy atom. The molecule has 0 radical (unpaired) electrons. The Bertz CT molecular complexity index is 472. The summed E-state index contributed by atoms with van der Waals surface area (Å²) in [6.07, 6.45) is 2.17. The molecule has 0 saturated carbocycles. The molecule has 96 valence electrons. The van der Waals surface area contributed by atoms with Crippen molar-refractivity contribution < 1.29 is 8.42 Å². The topological polar surface area (TPSA) is 84.2 Å². The summed E-state index contributed by atoms with van der Waals surface area (Å²) in [4.78, 5) is 0.112. The zero-order valence-corrected chi connectivity index (χ0v) is 11.0. The molecule has 4 N–H and O–H groups in total. The molecule has 1 aromatic carbocycles. The monoisotopic (exact) mass is 257 g/mol. The van der Waals surface area contributed by atoms with Gasteiger partial charge in [-0.2, -0.15) is 0 Å². The van der Waals surface area contributed by atoms with Crippen LogP contribution in [0.4, 0.5) is 11.4 Å². The van der Waals surface area contributed by atoms with E-state index in [1.807, 2.05) is 0 Å². The predicted molar refractivity (Wildman–Crippen MR) is 70.5 cm³/mol. The van der Waals surface area contributed by atoms with Gasteiger partial charge < -0.3 is 11.1 Å². The van der Waals surface area contributed by atoms with E-state index in [0.29, 0.717) is 0 Å². The number of hydrogen-bond acceptors (Lipinski definition) is 4. The van der Waals surface area contributed by atoms with Crippen LogP contribution in [0.2, 0.25) is 0 Å². The summed E-state index contributed by atoms with van der Waals surface area (Å²) in [6, 6.07) is 4.87. The van der Waals surface area contributed by atoms with Crippen molar-refractivity contribution >= 4 is 21.4 Å². The predicted octanol–water partition coefficient (Wildman–Crippen LogP) is 1.39. The van der Waals surface area contributed by atoms with E-state index in [2.05, 4.69) is 17.0 Å². The maximum absolute atomic E-state index is 11.6. The molecule has 0 fully saturated rings. The average molecular weight is 257 g/mol. The Labute approximate surface area is 102 Å². The summed E-state index contributed by atoms with van der Waals surface area (Å²) in [5.41, 5.74) is 6.82. The summed E-state index contributed by atoms with van der Waals surface area (Å²) in [6.45, 7) is 2.96. The minimum Gasteiger partial charge on any atom is -0.398 e. The van der Waals surface area contributed by atoms with Crippen molar-refractivity contribution in [2.75, 3.05) is 24.6 Å². The minimum atomic E-state index is -3.47. The minimum absolute atomic E-state index is 0.112. The lowest BCUT2D eigenvalue weighted by Crippen LogP contribution is -2.20. The highest BCUT2D eigenvalue weighted by Gasteiger charge is 2.14. The van der Waals surface area contributed by atoms with Gasteiger partial charge in [0.2, 0.25) is 10.0 Å². The van der Waals surface area contributed by atoms with E-state index in [4.69, 9.17) is 5.73 Å². The lowest BCUT2D eigenvalue weighted by molar-refractivity contribution is 0.588. The Hall–Kier alpha value is -1.27. The van der Waals surface area contributed by atoms with E-state index in [0.717, 1.165) is 25.1 Å². The molecule has 0 aliphatic rings. The number of nitrogens with one attached hydrogen (secondary N) is 2. The molecule has 0 aliphatic heterocycles. The third kappa shape index (κ3) is 3.61. The van der Waals surface area contributed by atoms with E-state index in [9.17, 15) is 8.42 Å². The summed E-state index contributed by atoms with van der Waals surface area (Å²) >= 11 is 0. The maximum atomic E-state index is 11.6. The molecule has 0 unspecified atom stereocenters. The largest absolute Gasteiger partial charge is 0.398 e. The highest BCUT2D eigenvalue weighted by Crippen LogP contribution is 2.22. The van der Waals surface area contributed by atoms with Crippen molar-refractivity contribution in [2.24, 2.45) is 0 Å². The summed E-state index contributed by atoms with van der Waals surface area (Å²) in [7, 11) is -2.11. The zero-order chi connectivity index (χ0) is 12.9. The summed E-state index contributed by atoms with van der Waals surface area (Å²) in [5.74, 6) is 0. The third-order valence-corrected chi connectivity index (χ3v) is 3.92. The summed E-state index contributed by atoms with van der Waals surface area (Å²) < 4.78 is 25.4. The van der Waals surface area contributed by atoms with E-state index in [1.54, 1.807) is 12.1 Å². The smallest absolute Gasteiger partial charge is 0.242 e. The molecule has 5 nitrogen and oxygen atoms in total. The number of benzene rings is 1. The van der Waals surface area contributed by atoms with Gasteiger partial charge in [-0.05, 0) is 31.7 Å². The molecule has 1 aromatic rings. The van der Waals surface area contributed by atoms with Crippen LogP contribution in [0.3, 0.4) is 0 Å². The molecule has 0 heterocycles. The molecule has 0 aliphatic carbocycles. The standard InChI is InChI=1S/C11H19N3O2S/c1-3-4-7-14-9-5-6-11(10(12)8-9)17(15,16)13-2/h5-6,8,13-14H,3-4,7,12H2,1-2H3. The lowest BCUT2D eigenvalue weighted by Gasteiger charge is -2.10. The zero-order valence-electron chi connectivity index (χ0n) is 10.2.